The normalized spacial score (nSPS) is 14.1. The summed E-state index contributed by atoms with van der Waals surface area (Å²) in [6.45, 7) is 0. The summed E-state index contributed by atoms with van der Waals surface area (Å²) < 4.78 is 2.09. The number of imidazole rings is 1. The second kappa shape index (κ2) is 3.81. The molecule has 2 heteroatoms. The maximum Gasteiger partial charge on any atom is 0.0997 e. The van der Waals surface area contributed by atoms with Crippen LogP contribution in [0.2, 0.25) is 0 Å². The van der Waals surface area contributed by atoms with Crippen molar-refractivity contribution in [3.63, 3.8) is 0 Å². The van der Waals surface area contributed by atoms with Crippen LogP contribution in [0.3, 0.4) is 0 Å². The number of rotatable bonds is 2. The van der Waals surface area contributed by atoms with Crippen LogP contribution in [0.1, 0.15) is 6.42 Å². The molecule has 3 rings (SSSR count). The molecule has 1 aliphatic rings. The van der Waals surface area contributed by atoms with Gasteiger partial charge >= 0.3 is 0 Å². The molecule has 16 heavy (non-hydrogen) atoms. The van der Waals surface area contributed by atoms with Gasteiger partial charge in [-0.05, 0) is 6.08 Å². The van der Waals surface area contributed by atoms with Crippen molar-refractivity contribution in [2.45, 2.75) is 6.42 Å². The fourth-order valence-electron chi connectivity index (χ4n) is 1.87. The van der Waals surface area contributed by atoms with E-state index in [2.05, 4.69) is 46.1 Å². The van der Waals surface area contributed by atoms with Crippen LogP contribution in [-0.2, 0) is 0 Å². The van der Waals surface area contributed by atoms with Crippen LogP contribution in [0.5, 0.6) is 0 Å². The Bertz CT molecular complexity index is 547. The minimum Gasteiger partial charge on any atom is -0.309 e. The summed E-state index contributed by atoms with van der Waals surface area (Å²) in [7, 11) is 0. The summed E-state index contributed by atoms with van der Waals surface area (Å²) >= 11 is 0. The molecular weight excluding hydrogens is 196 g/mol. The lowest BCUT2D eigenvalue weighted by molar-refractivity contribution is 1.05. The van der Waals surface area contributed by atoms with Crippen LogP contribution in [0.4, 0.5) is 0 Å². The third kappa shape index (κ3) is 1.58. The van der Waals surface area contributed by atoms with Crippen molar-refractivity contribution in [1.29, 1.82) is 0 Å². The first-order chi connectivity index (χ1) is 7.93. The van der Waals surface area contributed by atoms with Gasteiger partial charge in [-0.3, -0.25) is 0 Å². The molecule has 2 aromatic rings. The van der Waals surface area contributed by atoms with E-state index in [1.165, 1.54) is 5.70 Å². The van der Waals surface area contributed by atoms with Crippen molar-refractivity contribution >= 4 is 5.70 Å². The van der Waals surface area contributed by atoms with Crippen molar-refractivity contribution in [3.8, 4) is 11.3 Å². The zero-order chi connectivity index (χ0) is 10.8. The maximum absolute atomic E-state index is 4.43. The van der Waals surface area contributed by atoms with E-state index >= 15 is 0 Å². The van der Waals surface area contributed by atoms with Gasteiger partial charge < -0.3 is 4.57 Å². The molecular formula is C14H12N2. The first kappa shape index (κ1) is 9.16. The molecule has 0 atom stereocenters. The van der Waals surface area contributed by atoms with Crippen LogP contribution in [-0.4, -0.2) is 9.55 Å². The number of hydrogen-bond acceptors (Lipinski definition) is 1. The van der Waals surface area contributed by atoms with E-state index in [4.69, 9.17) is 0 Å². The van der Waals surface area contributed by atoms with Gasteiger partial charge in [0.15, 0.2) is 0 Å². The highest BCUT2D eigenvalue weighted by atomic mass is 15.0. The van der Waals surface area contributed by atoms with Gasteiger partial charge in [0.05, 0.1) is 12.0 Å². The molecule has 1 heterocycles. The predicted molar refractivity (Wildman–Crippen MR) is 65.7 cm³/mol. The minimum absolute atomic E-state index is 0.991. The lowest BCUT2D eigenvalue weighted by atomic mass is 10.2. The van der Waals surface area contributed by atoms with Crippen LogP contribution in [0, 0.1) is 0 Å². The predicted octanol–water partition coefficient (Wildman–Crippen LogP) is 3.35. The molecule has 0 fully saturated rings. The Kier molecular flexibility index (Phi) is 2.18. The molecule has 0 unspecified atom stereocenters. The molecule has 1 aliphatic carbocycles. The van der Waals surface area contributed by atoms with Crippen LogP contribution >= 0.6 is 0 Å². The molecule has 1 aromatic carbocycles. The van der Waals surface area contributed by atoms with Gasteiger partial charge in [-0.2, -0.15) is 0 Å². The standard InChI is InChI=1S/C14H12N2/c1-2-6-12(7-3-1)14-10-16(11-15-14)13-8-4-5-9-13/h1-8,10-11H,9H2. The van der Waals surface area contributed by atoms with Crippen molar-refractivity contribution in [3.05, 3.63) is 61.1 Å². The summed E-state index contributed by atoms with van der Waals surface area (Å²) in [6.07, 6.45) is 11.3. The van der Waals surface area contributed by atoms with Gasteiger partial charge in [0.25, 0.3) is 0 Å². The summed E-state index contributed by atoms with van der Waals surface area (Å²) in [5, 5.41) is 0. The fourth-order valence-corrected chi connectivity index (χ4v) is 1.87. The Morgan fingerprint density at radius 3 is 2.75 bits per heavy atom. The molecule has 0 aliphatic heterocycles. The SMILES string of the molecule is C1=CCC(n2cnc(-c3ccccc3)c2)=C1. The Morgan fingerprint density at radius 2 is 2.00 bits per heavy atom. The van der Waals surface area contributed by atoms with Crippen molar-refractivity contribution in [1.82, 2.24) is 9.55 Å². The number of hydrogen-bond donors (Lipinski definition) is 0. The largest absolute Gasteiger partial charge is 0.309 e. The van der Waals surface area contributed by atoms with Gasteiger partial charge in [0.2, 0.25) is 0 Å². The van der Waals surface area contributed by atoms with Crippen molar-refractivity contribution in [2.75, 3.05) is 0 Å². The fraction of sp³-hybridized carbons (Fsp3) is 0.0714. The number of allylic oxidation sites excluding steroid dienone is 4. The molecule has 0 spiro atoms. The summed E-state index contributed by atoms with van der Waals surface area (Å²) in [5.41, 5.74) is 3.45. The van der Waals surface area contributed by atoms with Gasteiger partial charge in [0.1, 0.15) is 0 Å². The van der Waals surface area contributed by atoms with E-state index in [1.807, 2.05) is 24.5 Å². The quantitative estimate of drug-likeness (QED) is 0.740. The molecule has 0 bridgehead atoms. The smallest absolute Gasteiger partial charge is 0.0997 e. The average Bonchev–Trinajstić information content (AvgIpc) is 3.01. The highest BCUT2D eigenvalue weighted by molar-refractivity contribution is 5.61. The molecule has 0 radical (unpaired) electrons. The highest BCUT2D eigenvalue weighted by Crippen LogP contribution is 2.21. The second-order valence-electron chi connectivity index (χ2n) is 3.82. The lowest BCUT2D eigenvalue weighted by Gasteiger charge is -2.00. The molecule has 78 valence electrons. The Balaban J connectivity index is 1.94. The van der Waals surface area contributed by atoms with Gasteiger partial charge in [-0.15, -0.1) is 0 Å². The van der Waals surface area contributed by atoms with E-state index in [0.29, 0.717) is 0 Å². The van der Waals surface area contributed by atoms with E-state index in [1.54, 1.807) is 0 Å². The molecule has 2 nitrogen and oxygen atoms in total. The number of benzene rings is 1. The molecule has 0 amide bonds. The number of aromatic nitrogens is 2. The summed E-state index contributed by atoms with van der Waals surface area (Å²) in [4.78, 5) is 4.43. The third-order valence-electron chi connectivity index (χ3n) is 2.74. The molecule has 0 saturated heterocycles. The first-order valence-corrected chi connectivity index (χ1v) is 5.39. The second-order valence-corrected chi connectivity index (χ2v) is 3.82. The number of nitrogens with zero attached hydrogens (tertiary/aromatic N) is 2. The zero-order valence-electron chi connectivity index (χ0n) is 8.88. The van der Waals surface area contributed by atoms with Crippen LogP contribution < -0.4 is 0 Å². The minimum atomic E-state index is 0.991. The van der Waals surface area contributed by atoms with E-state index < -0.39 is 0 Å². The lowest BCUT2D eigenvalue weighted by Crippen LogP contribution is -1.89. The monoisotopic (exact) mass is 208 g/mol. The van der Waals surface area contributed by atoms with Crippen molar-refractivity contribution < 1.29 is 0 Å². The van der Waals surface area contributed by atoms with Crippen LogP contribution in [0.15, 0.2) is 61.1 Å². The molecule has 0 N–H and O–H groups in total. The van der Waals surface area contributed by atoms with Crippen molar-refractivity contribution in [2.24, 2.45) is 0 Å². The topological polar surface area (TPSA) is 17.8 Å². The van der Waals surface area contributed by atoms with E-state index in [0.717, 1.165) is 17.7 Å². The highest BCUT2D eigenvalue weighted by Gasteiger charge is 2.05. The van der Waals surface area contributed by atoms with Crippen LogP contribution in [0.25, 0.3) is 17.0 Å². The Hall–Kier alpha value is -2.09. The van der Waals surface area contributed by atoms with Gasteiger partial charge in [0, 0.05) is 23.9 Å². The third-order valence-corrected chi connectivity index (χ3v) is 2.74. The average molecular weight is 208 g/mol. The summed E-state index contributed by atoms with van der Waals surface area (Å²) in [5.74, 6) is 0. The molecule has 1 aromatic heterocycles. The van der Waals surface area contributed by atoms with E-state index in [-0.39, 0.29) is 0 Å². The Labute approximate surface area is 94.6 Å². The first-order valence-electron chi connectivity index (χ1n) is 5.39. The van der Waals surface area contributed by atoms with E-state index in [9.17, 15) is 0 Å². The van der Waals surface area contributed by atoms with Gasteiger partial charge in [-0.25, -0.2) is 4.98 Å². The Morgan fingerprint density at radius 1 is 1.12 bits per heavy atom. The molecule has 0 saturated carbocycles. The zero-order valence-corrected chi connectivity index (χ0v) is 8.88. The van der Waals surface area contributed by atoms with Gasteiger partial charge in [-0.1, -0.05) is 42.5 Å². The maximum atomic E-state index is 4.43. The summed E-state index contributed by atoms with van der Waals surface area (Å²) in [6, 6.07) is 10.2.